The lowest BCUT2D eigenvalue weighted by molar-refractivity contribution is 0.111. The first-order valence-electron chi connectivity index (χ1n) is 8.48. The third-order valence-corrected chi connectivity index (χ3v) is 4.98. The Labute approximate surface area is 136 Å². The van der Waals surface area contributed by atoms with Crippen LogP contribution in [0.4, 0.5) is 0 Å². The van der Waals surface area contributed by atoms with Gasteiger partial charge >= 0.3 is 0 Å². The van der Waals surface area contributed by atoms with Crippen LogP contribution in [0.5, 0.6) is 0 Å². The second-order valence-corrected chi connectivity index (χ2v) is 6.54. The molecule has 1 aliphatic carbocycles. The number of aryl methyl sites for hydroxylation is 2. The molecule has 0 N–H and O–H groups in total. The van der Waals surface area contributed by atoms with Crippen molar-refractivity contribution in [2.24, 2.45) is 5.92 Å². The van der Waals surface area contributed by atoms with Gasteiger partial charge in [-0.3, -0.25) is 4.79 Å². The average molecular weight is 316 g/mol. The van der Waals surface area contributed by atoms with Crippen LogP contribution in [-0.2, 0) is 13.0 Å². The van der Waals surface area contributed by atoms with Crippen molar-refractivity contribution in [2.45, 2.75) is 65.3 Å². The molecule has 2 aromatic rings. The van der Waals surface area contributed by atoms with Crippen LogP contribution < -0.4 is 0 Å². The highest BCUT2D eigenvalue weighted by molar-refractivity contribution is 5.73. The molecule has 1 fully saturated rings. The van der Waals surface area contributed by atoms with E-state index in [1.54, 1.807) is 0 Å². The Kier molecular flexibility index (Phi) is 4.88. The van der Waals surface area contributed by atoms with Crippen LogP contribution in [0.3, 0.4) is 0 Å². The van der Waals surface area contributed by atoms with Gasteiger partial charge in [0, 0.05) is 5.56 Å². The molecule has 0 amide bonds. The standard InChI is InChI=1S/C17H24N4O2/c1-12-15(13(2)23-19-12)10-21-17(16(11-22)18-20-21)9-8-14-6-4-3-5-7-14/h11,14H,3-10H2,1-2H3. The number of nitrogens with zero attached hydrogens (tertiary/aromatic N) is 4. The molecule has 0 spiro atoms. The molecule has 2 heterocycles. The SMILES string of the molecule is Cc1noc(C)c1Cn1nnc(C=O)c1CCC1CCCCC1. The Bertz CT molecular complexity index is 649. The van der Waals surface area contributed by atoms with Gasteiger partial charge in [0.15, 0.2) is 6.29 Å². The molecule has 0 radical (unpaired) electrons. The Morgan fingerprint density at radius 1 is 1.26 bits per heavy atom. The van der Waals surface area contributed by atoms with Crippen LogP contribution >= 0.6 is 0 Å². The Balaban J connectivity index is 1.75. The number of hydrogen-bond donors (Lipinski definition) is 0. The minimum absolute atomic E-state index is 0.465. The van der Waals surface area contributed by atoms with E-state index in [0.29, 0.717) is 12.2 Å². The average Bonchev–Trinajstić information content (AvgIpc) is 3.11. The molecular weight excluding hydrogens is 292 g/mol. The zero-order chi connectivity index (χ0) is 16.2. The largest absolute Gasteiger partial charge is 0.361 e. The van der Waals surface area contributed by atoms with Gasteiger partial charge in [0.05, 0.1) is 17.9 Å². The highest BCUT2D eigenvalue weighted by atomic mass is 16.5. The molecule has 0 aliphatic heterocycles. The number of aromatic nitrogens is 4. The van der Waals surface area contributed by atoms with E-state index in [0.717, 1.165) is 47.8 Å². The van der Waals surface area contributed by atoms with Crippen molar-refractivity contribution < 1.29 is 9.32 Å². The van der Waals surface area contributed by atoms with Gasteiger partial charge in [-0.05, 0) is 32.6 Å². The van der Waals surface area contributed by atoms with Gasteiger partial charge in [0.2, 0.25) is 0 Å². The predicted octanol–water partition coefficient (Wildman–Crippen LogP) is 3.26. The summed E-state index contributed by atoms with van der Waals surface area (Å²) in [4.78, 5) is 11.3. The quantitative estimate of drug-likeness (QED) is 0.765. The molecule has 0 saturated heterocycles. The van der Waals surface area contributed by atoms with Crippen LogP contribution in [0, 0.1) is 19.8 Å². The number of rotatable bonds is 6. The van der Waals surface area contributed by atoms with Gasteiger partial charge in [-0.15, -0.1) is 5.10 Å². The molecule has 0 aromatic carbocycles. The summed E-state index contributed by atoms with van der Waals surface area (Å²) >= 11 is 0. The summed E-state index contributed by atoms with van der Waals surface area (Å²) in [6, 6.07) is 0. The molecule has 2 aromatic heterocycles. The third kappa shape index (κ3) is 3.51. The van der Waals surface area contributed by atoms with Gasteiger partial charge in [-0.1, -0.05) is 42.5 Å². The maximum absolute atomic E-state index is 11.3. The van der Waals surface area contributed by atoms with E-state index >= 15 is 0 Å². The minimum Gasteiger partial charge on any atom is -0.361 e. The molecule has 124 valence electrons. The number of aldehydes is 1. The molecule has 0 bridgehead atoms. The van der Waals surface area contributed by atoms with Crippen molar-refractivity contribution >= 4 is 6.29 Å². The number of carbonyl (C=O) groups excluding carboxylic acids is 1. The Morgan fingerprint density at radius 3 is 2.70 bits per heavy atom. The highest BCUT2D eigenvalue weighted by Gasteiger charge is 2.19. The zero-order valence-electron chi connectivity index (χ0n) is 13.9. The van der Waals surface area contributed by atoms with E-state index in [1.807, 2.05) is 18.5 Å². The first-order valence-corrected chi connectivity index (χ1v) is 8.48. The van der Waals surface area contributed by atoms with E-state index in [4.69, 9.17) is 4.52 Å². The maximum atomic E-state index is 11.3. The first-order chi connectivity index (χ1) is 11.2. The highest BCUT2D eigenvalue weighted by Crippen LogP contribution is 2.28. The van der Waals surface area contributed by atoms with E-state index in [2.05, 4.69) is 15.5 Å². The summed E-state index contributed by atoms with van der Waals surface area (Å²) < 4.78 is 7.05. The number of carbonyl (C=O) groups is 1. The summed E-state index contributed by atoms with van der Waals surface area (Å²) in [5, 5.41) is 12.2. The fourth-order valence-corrected chi connectivity index (χ4v) is 3.52. The molecule has 1 saturated carbocycles. The van der Waals surface area contributed by atoms with Crippen molar-refractivity contribution in [2.75, 3.05) is 0 Å². The monoisotopic (exact) mass is 316 g/mol. The second kappa shape index (κ2) is 7.06. The van der Waals surface area contributed by atoms with Crippen LogP contribution in [-0.4, -0.2) is 26.4 Å². The van der Waals surface area contributed by atoms with Gasteiger partial charge < -0.3 is 4.52 Å². The van der Waals surface area contributed by atoms with Gasteiger partial charge in [0.25, 0.3) is 0 Å². The fraction of sp³-hybridized carbons (Fsp3) is 0.647. The minimum atomic E-state index is 0.465. The fourth-order valence-electron chi connectivity index (χ4n) is 3.52. The maximum Gasteiger partial charge on any atom is 0.172 e. The third-order valence-electron chi connectivity index (χ3n) is 4.98. The summed E-state index contributed by atoms with van der Waals surface area (Å²) in [7, 11) is 0. The van der Waals surface area contributed by atoms with Crippen LogP contribution in [0.15, 0.2) is 4.52 Å². The predicted molar refractivity (Wildman–Crippen MR) is 85.4 cm³/mol. The van der Waals surface area contributed by atoms with Crippen molar-refractivity contribution in [1.29, 1.82) is 0 Å². The molecular formula is C17H24N4O2. The molecule has 0 unspecified atom stereocenters. The molecule has 3 rings (SSSR count). The lowest BCUT2D eigenvalue weighted by Gasteiger charge is -2.21. The van der Waals surface area contributed by atoms with Gasteiger partial charge in [-0.25, -0.2) is 4.68 Å². The number of hydrogen-bond acceptors (Lipinski definition) is 5. The van der Waals surface area contributed by atoms with Crippen molar-refractivity contribution in [1.82, 2.24) is 20.2 Å². The van der Waals surface area contributed by atoms with E-state index in [1.165, 1.54) is 32.1 Å². The van der Waals surface area contributed by atoms with Gasteiger partial charge in [-0.2, -0.15) is 0 Å². The van der Waals surface area contributed by atoms with Crippen molar-refractivity contribution in [3.63, 3.8) is 0 Å². The Hall–Kier alpha value is -1.98. The molecule has 6 heteroatoms. The van der Waals surface area contributed by atoms with Crippen LogP contribution in [0.25, 0.3) is 0 Å². The molecule has 1 aliphatic rings. The Morgan fingerprint density at radius 2 is 2.04 bits per heavy atom. The lowest BCUT2D eigenvalue weighted by Crippen LogP contribution is -2.12. The zero-order valence-corrected chi connectivity index (χ0v) is 13.9. The van der Waals surface area contributed by atoms with Gasteiger partial charge in [0.1, 0.15) is 11.5 Å². The molecule has 6 nitrogen and oxygen atoms in total. The van der Waals surface area contributed by atoms with Crippen LogP contribution in [0.2, 0.25) is 0 Å². The topological polar surface area (TPSA) is 73.8 Å². The smallest absolute Gasteiger partial charge is 0.172 e. The summed E-state index contributed by atoms with van der Waals surface area (Å²) in [6.07, 6.45) is 9.42. The van der Waals surface area contributed by atoms with E-state index < -0.39 is 0 Å². The summed E-state index contributed by atoms with van der Waals surface area (Å²) in [5.74, 6) is 1.56. The van der Waals surface area contributed by atoms with E-state index in [-0.39, 0.29) is 0 Å². The molecule has 23 heavy (non-hydrogen) atoms. The summed E-state index contributed by atoms with van der Waals surface area (Å²) in [5.41, 5.74) is 3.29. The second-order valence-electron chi connectivity index (χ2n) is 6.54. The normalized spacial score (nSPS) is 15.9. The van der Waals surface area contributed by atoms with Crippen LogP contribution in [0.1, 0.15) is 71.7 Å². The van der Waals surface area contributed by atoms with E-state index in [9.17, 15) is 4.79 Å². The lowest BCUT2D eigenvalue weighted by atomic mass is 9.85. The molecule has 0 atom stereocenters. The first kappa shape index (κ1) is 15.9. The summed E-state index contributed by atoms with van der Waals surface area (Å²) in [6.45, 7) is 4.38. The van der Waals surface area contributed by atoms with Crippen molar-refractivity contribution in [3.05, 3.63) is 28.4 Å². The van der Waals surface area contributed by atoms with Crippen molar-refractivity contribution in [3.8, 4) is 0 Å².